The van der Waals surface area contributed by atoms with Crippen molar-refractivity contribution in [1.29, 1.82) is 0 Å². The first kappa shape index (κ1) is 15.1. The monoisotopic (exact) mass is 297 g/mol. The molecule has 2 unspecified atom stereocenters. The predicted molar refractivity (Wildman–Crippen MR) is 82.3 cm³/mol. The topological polar surface area (TPSA) is 66.6 Å². The van der Waals surface area contributed by atoms with Crippen molar-refractivity contribution in [1.82, 2.24) is 4.31 Å². The summed E-state index contributed by atoms with van der Waals surface area (Å²) in [5.41, 5.74) is 7.50. The molecule has 112 valence electrons. The number of sulfonamides is 1. The molecule has 0 spiro atoms. The first-order chi connectivity index (χ1) is 9.23. The van der Waals surface area contributed by atoms with Crippen LogP contribution in [-0.4, -0.2) is 39.4 Å². The lowest BCUT2D eigenvalue weighted by atomic mass is 10.1. The van der Waals surface area contributed by atoms with Crippen molar-refractivity contribution in [2.24, 2.45) is 5.92 Å². The third-order valence-electron chi connectivity index (χ3n) is 3.87. The molecule has 1 aliphatic rings. The van der Waals surface area contributed by atoms with Gasteiger partial charge in [-0.1, -0.05) is 6.92 Å². The molecule has 0 amide bonds. The highest BCUT2D eigenvalue weighted by atomic mass is 32.2. The fourth-order valence-electron chi connectivity index (χ4n) is 2.78. The van der Waals surface area contributed by atoms with Gasteiger partial charge in [0, 0.05) is 26.7 Å². The highest BCUT2D eigenvalue weighted by molar-refractivity contribution is 7.89. The summed E-state index contributed by atoms with van der Waals surface area (Å²) < 4.78 is 25.7. The molecule has 6 heteroatoms. The van der Waals surface area contributed by atoms with Crippen LogP contribution >= 0.6 is 0 Å². The van der Waals surface area contributed by atoms with Crippen LogP contribution < -0.4 is 10.6 Å². The van der Waals surface area contributed by atoms with Gasteiger partial charge in [-0.2, -0.15) is 0 Å². The Morgan fingerprint density at radius 1 is 1.30 bits per heavy atom. The molecule has 0 aliphatic carbocycles. The van der Waals surface area contributed by atoms with Crippen molar-refractivity contribution < 1.29 is 8.42 Å². The molecule has 0 aromatic heterocycles. The second-order valence-corrected chi connectivity index (χ2v) is 8.00. The summed E-state index contributed by atoms with van der Waals surface area (Å²) in [6.45, 7) is 5.26. The number of anilines is 2. The average molecular weight is 297 g/mol. The minimum Gasteiger partial charge on any atom is -0.397 e. The smallest absolute Gasteiger partial charge is 0.242 e. The molecule has 1 aromatic carbocycles. The summed E-state index contributed by atoms with van der Waals surface area (Å²) in [5.74, 6) is 0.596. The molecule has 2 atom stereocenters. The lowest BCUT2D eigenvalue weighted by Crippen LogP contribution is -2.28. The van der Waals surface area contributed by atoms with Crippen molar-refractivity contribution in [2.75, 3.05) is 31.3 Å². The lowest BCUT2D eigenvalue weighted by Gasteiger charge is -2.26. The van der Waals surface area contributed by atoms with Crippen LogP contribution in [0, 0.1) is 5.92 Å². The number of hydrogen-bond acceptors (Lipinski definition) is 4. The van der Waals surface area contributed by atoms with Gasteiger partial charge in [-0.3, -0.25) is 0 Å². The number of nitrogen functional groups attached to an aromatic ring is 1. The Morgan fingerprint density at radius 2 is 1.95 bits per heavy atom. The van der Waals surface area contributed by atoms with E-state index in [2.05, 4.69) is 18.7 Å². The van der Waals surface area contributed by atoms with E-state index < -0.39 is 10.0 Å². The number of benzene rings is 1. The van der Waals surface area contributed by atoms with E-state index in [0.29, 0.717) is 22.5 Å². The second-order valence-electron chi connectivity index (χ2n) is 5.85. The van der Waals surface area contributed by atoms with Crippen LogP contribution in [0.2, 0.25) is 0 Å². The highest BCUT2D eigenvalue weighted by Gasteiger charge is 2.28. The minimum atomic E-state index is -3.43. The first-order valence-electron chi connectivity index (χ1n) is 6.82. The zero-order valence-electron chi connectivity index (χ0n) is 12.5. The maximum Gasteiger partial charge on any atom is 0.242 e. The molecule has 1 heterocycles. The second kappa shape index (κ2) is 5.26. The van der Waals surface area contributed by atoms with E-state index in [9.17, 15) is 8.42 Å². The van der Waals surface area contributed by atoms with Crippen molar-refractivity contribution in [3.63, 3.8) is 0 Å². The van der Waals surface area contributed by atoms with Gasteiger partial charge in [0.15, 0.2) is 0 Å². The number of nitrogens with two attached hydrogens (primary N) is 1. The first-order valence-corrected chi connectivity index (χ1v) is 8.26. The maximum absolute atomic E-state index is 12.2. The molecule has 20 heavy (non-hydrogen) atoms. The van der Waals surface area contributed by atoms with E-state index in [4.69, 9.17) is 5.73 Å². The van der Waals surface area contributed by atoms with Gasteiger partial charge < -0.3 is 10.6 Å². The molecule has 2 rings (SSSR count). The van der Waals surface area contributed by atoms with E-state index in [1.807, 2.05) is 0 Å². The Balaban J connectivity index is 2.45. The number of rotatable bonds is 3. The van der Waals surface area contributed by atoms with Crippen LogP contribution in [0.25, 0.3) is 0 Å². The van der Waals surface area contributed by atoms with Gasteiger partial charge >= 0.3 is 0 Å². The Labute approximate surface area is 121 Å². The molecular formula is C14H23N3O2S. The van der Waals surface area contributed by atoms with E-state index in [-0.39, 0.29) is 0 Å². The molecule has 1 fully saturated rings. The van der Waals surface area contributed by atoms with Gasteiger partial charge in [-0.05, 0) is 37.5 Å². The van der Waals surface area contributed by atoms with Gasteiger partial charge in [0.1, 0.15) is 0 Å². The van der Waals surface area contributed by atoms with E-state index in [1.165, 1.54) is 18.4 Å². The zero-order valence-corrected chi connectivity index (χ0v) is 13.3. The summed E-state index contributed by atoms with van der Waals surface area (Å²) in [7, 11) is -0.358. The average Bonchev–Trinajstić information content (AvgIpc) is 2.68. The van der Waals surface area contributed by atoms with Crippen LogP contribution in [0.5, 0.6) is 0 Å². The Kier molecular flexibility index (Phi) is 3.97. The SMILES string of the molecule is CC1CC(C)N(c2cc(S(=O)(=O)N(C)C)ccc2N)C1. The van der Waals surface area contributed by atoms with Gasteiger partial charge in [-0.25, -0.2) is 12.7 Å². The summed E-state index contributed by atoms with van der Waals surface area (Å²) in [6.07, 6.45) is 1.10. The number of nitrogens with zero attached hydrogens (tertiary/aromatic N) is 2. The molecule has 1 saturated heterocycles. The van der Waals surface area contributed by atoms with E-state index in [0.717, 1.165) is 18.7 Å². The maximum atomic E-state index is 12.2. The Bertz CT molecular complexity index is 598. The standard InChI is InChI=1S/C14H23N3O2S/c1-10-7-11(2)17(9-10)14-8-12(5-6-13(14)15)20(18,19)16(3)4/h5-6,8,10-11H,7,9,15H2,1-4H3. The largest absolute Gasteiger partial charge is 0.397 e. The Hall–Kier alpha value is -1.27. The summed E-state index contributed by atoms with van der Waals surface area (Å²) in [6, 6.07) is 5.32. The van der Waals surface area contributed by atoms with Crippen molar-refractivity contribution in [2.45, 2.75) is 31.2 Å². The lowest BCUT2D eigenvalue weighted by molar-refractivity contribution is 0.520. The van der Waals surface area contributed by atoms with Crippen molar-refractivity contribution >= 4 is 21.4 Å². The molecule has 0 saturated carbocycles. The molecule has 2 N–H and O–H groups in total. The summed E-state index contributed by atoms with van der Waals surface area (Å²) >= 11 is 0. The summed E-state index contributed by atoms with van der Waals surface area (Å²) in [4.78, 5) is 2.49. The zero-order chi connectivity index (χ0) is 15.1. The third-order valence-corrected chi connectivity index (χ3v) is 5.68. The quantitative estimate of drug-likeness (QED) is 0.863. The highest BCUT2D eigenvalue weighted by Crippen LogP contribution is 2.34. The predicted octanol–water partition coefficient (Wildman–Crippen LogP) is 1.75. The van der Waals surface area contributed by atoms with E-state index >= 15 is 0 Å². The summed E-state index contributed by atoms with van der Waals surface area (Å²) in [5, 5.41) is 0. The van der Waals surface area contributed by atoms with Crippen LogP contribution in [-0.2, 0) is 10.0 Å². The molecule has 0 radical (unpaired) electrons. The number of hydrogen-bond donors (Lipinski definition) is 1. The van der Waals surface area contributed by atoms with Crippen molar-refractivity contribution in [3.05, 3.63) is 18.2 Å². The van der Waals surface area contributed by atoms with Crippen LogP contribution in [0.1, 0.15) is 20.3 Å². The van der Waals surface area contributed by atoms with Gasteiger partial charge in [0.2, 0.25) is 10.0 Å². The fourth-order valence-corrected chi connectivity index (χ4v) is 3.70. The van der Waals surface area contributed by atoms with Crippen molar-refractivity contribution in [3.8, 4) is 0 Å². The van der Waals surface area contributed by atoms with E-state index in [1.54, 1.807) is 18.2 Å². The normalized spacial score (nSPS) is 23.6. The molecular weight excluding hydrogens is 274 g/mol. The van der Waals surface area contributed by atoms with Crippen LogP contribution in [0.4, 0.5) is 11.4 Å². The molecule has 5 nitrogen and oxygen atoms in total. The third kappa shape index (κ3) is 2.62. The molecule has 0 bridgehead atoms. The Morgan fingerprint density at radius 3 is 2.45 bits per heavy atom. The van der Waals surface area contributed by atoms with Crippen LogP contribution in [0.3, 0.4) is 0 Å². The van der Waals surface area contributed by atoms with Gasteiger partial charge in [0.25, 0.3) is 0 Å². The molecule has 1 aromatic rings. The minimum absolute atomic E-state index is 0.290. The van der Waals surface area contributed by atoms with Gasteiger partial charge in [0.05, 0.1) is 16.3 Å². The van der Waals surface area contributed by atoms with Gasteiger partial charge in [-0.15, -0.1) is 0 Å². The van der Waals surface area contributed by atoms with Crippen LogP contribution in [0.15, 0.2) is 23.1 Å². The molecule has 1 aliphatic heterocycles. The fraction of sp³-hybridized carbons (Fsp3) is 0.571.